The molecule has 1 aliphatic rings. The van der Waals surface area contributed by atoms with E-state index in [0.29, 0.717) is 29.4 Å². The fourth-order valence-electron chi connectivity index (χ4n) is 3.68. The van der Waals surface area contributed by atoms with Crippen LogP contribution in [-0.4, -0.2) is 25.1 Å². The lowest BCUT2D eigenvalue weighted by molar-refractivity contribution is 0.0996. The number of nitrogens with two attached hydrogens (primary N) is 1. The molecule has 3 rings (SSSR count). The summed E-state index contributed by atoms with van der Waals surface area (Å²) in [6.07, 6.45) is 4.94. The van der Waals surface area contributed by atoms with Crippen LogP contribution in [0.25, 0.3) is 11.1 Å². The van der Waals surface area contributed by atoms with Crippen LogP contribution in [0.4, 0.5) is 0 Å². The van der Waals surface area contributed by atoms with Crippen molar-refractivity contribution >= 4 is 5.91 Å². The Labute approximate surface area is 162 Å². The molecule has 27 heavy (non-hydrogen) atoms. The highest BCUT2D eigenvalue weighted by atomic mass is 16.5. The number of nitrogens with one attached hydrogen (secondary N) is 1. The Bertz CT molecular complexity index is 761. The number of benzene rings is 2. The van der Waals surface area contributed by atoms with Gasteiger partial charge >= 0.3 is 0 Å². The van der Waals surface area contributed by atoms with Gasteiger partial charge in [-0.3, -0.25) is 4.79 Å². The van der Waals surface area contributed by atoms with Gasteiger partial charge in [0.15, 0.2) is 0 Å². The first-order valence-electron chi connectivity index (χ1n) is 9.80. The average Bonchev–Trinajstić information content (AvgIpc) is 2.66. The number of carbonyl (C=O) groups excluding carboxylic acids is 1. The van der Waals surface area contributed by atoms with Gasteiger partial charge in [0.1, 0.15) is 12.4 Å². The minimum Gasteiger partial charge on any atom is -0.491 e. The summed E-state index contributed by atoms with van der Waals surface area (Å²) in [7, 11) is 0. The zero-order chi connectivity index (χ0) is 19.3. The number of carbonyl (C=O) groups is 1. The van der Waals surface area contributed by atoms with Crippen molar-refractivity contribution in [1.29, 1.82) is 0 Å². The van der Waals surface area contributed by atoms with Crippen LogP contribution in [0.3, 0.4) is 0 Å². The molecule has 0 aliphatic heterocycles. The number of hydrogen-bond acceptors (Lipinski definition) is 3. The number of ether oxygens (including phenoxy) is 1. The maximum absolute atomic E-state index is 11.7. The summed E-state index contributed by atoms with van der Waals surface area (Å²) >= 11 is 0. The molecule has 2 aromatic rings. The lowest BCUT2D eigenvalue weighted by atomic mass is 9.75. The van der Waals surface area contributed by atoms with E-state index < -0.39 is 5.91 Å². The number of amides is 1. The molecule has 3 N–H and O–H groups in total. The smallest absolute Gasteiger partial charge is 0.252 e. The third kappa shape index (κ3) is 5.33. The Kier molecular flexibility index (Phi) is 6.17. The second-order valence-corrected chi connectivity index (χ2v) is 8.18. The molecular formula is C23H30N2O2. The molecule has 1 fully saturated rings. The minimum atomic E-state index is -0.466. The van der Waals surface area contributed by atoms with E-state index in [9.17, 15) is 4.79 Å². The Morgan fingerprint density at radius 3 is 2.48 bits per heavy atom. The van der Waals surface area contributed by atoms with Gasteiger partial charge in [-0.1, -0.05) is 50.2 Å². The Hall–Kier alpha value is -2.33. The highest BCUT2D eigenvalue weighted by Gasteiger charge is 2.26. The Morgan fingerprint density at radius 2 is 1.81 bits per heavy atom. The summed E-state index contributed by atoms with van der Waals surface area (Å²) in [6, 6.07) is 16.2. The van der Waals surface area contributed by atoms with Crippen molar-refractivity contribution in [3.63, 3.8) is 0 Å². The second-order valence-electron chi connectivity index (χ2n) is 8.18. The van der Waals surface area contributed by atoms with Gasteiger partial charge in [-0.25, -0.2) is 0 Å². The third-order valence-electron chi connectivity index (χ3n) is 5.49. The molecule has 0 bridgehead atoms. The maximum atomic E-state index is 11.7. The van der Waals surface area contributed by atoms with Crippen molar-refractivity contribution < 1.29 is 9.53 Å². The molecule has 4 nitrogen and oxygen atoms in total. The molecule has 0 atom stereocenters. The quantitative estimate of drug-likeness (QED) is 0.714. The van der Waals surface area contributed by atoms with Gasteiger partial charge in [-0.15, -0.1) is 0 Å². The van der Waals surface area contributed by atoms with Crippen LogP contribution in [0, 0.1) is 5.41 Å². The van der Waals surface area contributed by atoms with Crippen LogP contribution in [0.2, 0.25) is 0 Å². The molecule has 2 aromatic carbocycles. The molecule has 0 radical (unpaired) electrons. The van der Waals surface area contributed by atoms with E-state index in [2.05, 4.69) is 19.2 Å². The predicted octanol–water partition coefficient (Wildman–Crippen LogP) is 4.39. The van der Waals surface area contributed by atoms with E-state index in [1.54, 1.807) is 6.07 Å². The molecule has 0 heterocycles. The van der Waals surface area contributed by atoms with Crippen LogP contribution in [0.5, 0.6) is 5.75 Å². The predicted molar refractivity (Wildman–Crippen MR) is 110 cm³/mol. The molecule has 0 saturated heterocycles. The van der Waals surface area contributed by atoms with E-state index >= 15 is 0 Å². The zero-order valence-corrected chi connectivity index (χ0v) is 16.3. The van der Waals surface area contributed by atoms with Crippen LogP contribution >= 0.6 is 0 Å². The van der Waals surface area contributed by atoms with Crippen LogP contribution < -0.4 is 15.8 Å². The Balaban J connectivity index is 1.59. The van der Waals surface area contributed by atoms with Gasteiger partial charge < -0.3 is 15.8 Å². The molecule has 1 amide bonds. The van der Waals surface area contributed by atoms with Crippen molar-refractivity contribution in [3.05, 3.63) is 54.1 Å². The summed E-state index contributed by atoms with van der Waals surface area (Å²) in [5.74, 6) is 0.0857. The van der Waals surface area contributed by atoms with Crippen LogP contribution in [0.15, 0.2) is 48.5 Å². The van der Waals surface area contributed by atoms with E-state index in [1.807, 2.05) is 42.5 Å². The topological polar surface area (TPSA) is 64.3 Å². The first-order chi connectivity index (χ1) is 12.9. The summed E-state index contributed by atoms with van der Waals surface area (Å²) in [6.45, 7) is 5.96. The lowest BCUT2D eigenvalue weighted by Crippen LogP contribution is -2.37. The van der Waals surface area contributed by atoms with Gasteiger partial charge in [-0.2, -0.15) is 0 Å². The van der Waals surface area contributed by atoms with Crippen molar-refractivity contribution in [3.8, 4) is 16.9 Å². The van der Waals surface area contributed by atoms with E-state index in [4.69, 9.17) is 10.5 Å². The standard InChI is InChI=1S/C23H30N2O2/c1-23(2)12-10-19(11-13-23)25-14-15-27-21-16-18(8-9-20(21)22(24)26)17-6-4-3-5-7-17/h3-9,16,19,25H,10-15H2,1-2H3,(H2,24,26). The number of hydrogen-bond donors (Lipinski definition) is 2. The first-order valence-corrected chi connectivity index (χ1v) is 9.80. The van der Waals surface area contributed by atoms with E-state index in [0.717, 1.165) is 17.7 Å². The van der Waals surface area contributed by atoms with Crippen molar-refractivity contribution in [2.75, 3.05) is 13.2 Å². The summed E-state index contributed by atoms with van der Waals surface area (Å²) < 4.78 is 5.93. The molecule has 4 heteroatoms. The first kappa shape index (κ1) is 19.4. The zero-order valence-electron chi connectivity index (χ0n) is 16.3. The molecule has 0 unspecified atom stereocenters. The monoisotopic (exact) mass is 366 g/mol. The van der Waals surface area contributed by atoms with Crippen molar-refractivity contribution in [2.45, 2.75) is 45.6 Å². The second kappa shape index (κ2) is 8.57. The minimum absolute atomic E-state index is 0.425. The molecule has 1 aliphatic carbocycles. The molecule has 0 spiro atoms. The lowest BCUT2D eigenvalue weighted by Gasteiger charge is -2.34. The summed E-state index contributed by atoms with van der Waals surface area (Å²) in [4.78, 5) is 11.7. The molecule has 0 aromatic heterocycles. The average molecular weight is 367 g/mol. The van der Waals surface area contributed by atoms with Gasteiger partial charge in [0.2, 0.25) is 0 Å². The Morgan fingerprint density at radius 1 is 1.11 bits per heavy atom. The SMILES string of the molecule is CC1(C)CCC(NCCOc2cc(-c3ccccc3)ccc2C(N)=O)CC1. The largest absolute Gasteiger partial charge is 0.491 e. The fourth-order valence-corrected chi connectivity index (χ4v) is 3.68. The third-order valence-corrected chi connectivity index (χ3v) is 5.49. The van der Waals surface area contributed by atoms with Gasteiger partial charge in [-0.05, 0) is 54.4 Å². The van der Waals surface area contributed by atoms with E-state index in [1.165, 1.54) is 25.7 Å². The van der Waals surface area contributed by atoms with Gasteiger partial charge in [0, 0.05) is 12.6 Å². The van der Waals surface area contributed by atoms with E-state index in [-0.39, 0.29) is 0 Å². The fraction of sp³-hybridized carbons (Fsp3) is 0.435. The summed E-state index contributed by atoms with van der Waals surface area (Å²) in [5.41, 5.74) is 8.51. The molecule has 1 saturated carbocycles. The van der Waals surface area contributed by atoms with Gasteiger partial charge in [0.05, 0.1) is 5.56 Å². The highest BCUT2D eigenvalue weighted by Crippen LogP contribution is 2.35. The molecule has 144 valence electrons. The van der Waals surface area contributed by atoms with Crippen molar-refractivity contribution in [1.82, 2.24) is 5.32 Å². The van der Waals surface area contributed by atoms with Crippen LogP contribution in [0.1, 0.15) is 49.9 Å². The highest BCUT2D eigenvalue weighted by molar-refractivity contribution is 5.96. The van der Waals surface area contributed by atoms with Crippen molar-refractivity contribution in [2.24, 2.45) is 11.1 Å². The maximum Gasteiger partial charge on any atom is 0.252 e. The normalized spacial score (nSPS) is 16.8. The summed E-state index contributed by atoms with van der Waals surface area (Å²) in [5, 5.41) is 3.58. The number of rotatable bonds is 7. The van der Waals surface area contributed by atoms with Crippen LogP contribution in [-0.2, 0) is 0 Å². The van der Waals surface area contributed by atoms with Gasteiger partial charge in [0.25, 0.3) is 5.91 Å². The number of primary amides is 1. The molecular weight excluding hydrogens is 336 g/mol.